The lowest BCUT2D eigenvalue weighted by molar-refractivity contribution is -0.152. The maximum atomic E-state index is 12.5. The Bertz CT molecular complexity index is 1520. The lowest BCUT2D eigenvalue weighted by Gasteiger charge is -2.12. The molecule has 0 spiro atoms. The fraction of sp³-hybridized carbons (Fsp3) is 0.231. The van der Waals surface area contributed by atoms with Gasteiger partial charge in [-0.25, -0.2) is 9.59 Å². The molecule has 0 bridgehead atoms. The first kappa shape index (κ1) is 25.4. The Labute approximate surface area is 220 Å². The van der Waals surface area contributed by atoms with Crippen molar-refractivity contribution in [1.82, 2.24) is 5.32 Å². The maximum Gasteiger partial charge on any atom is 0.338 e. The van der Waals surface area contributed by atoms with Crippen LogP contribution < -0.4 is 10.6 Å². The van der Waals surface area contributed by atoms with Crippen LogP contribution in [-0.4, -0.2) is 41.7 Å². The van der Waals surface area contributed by atoms with E-state index < -0.39 is 41.9 Å². The highest BCUT2D eigenvalue weighted by Gasteiger charge is 2.46. The average molecular weight is 531 g/mol. The molecule has 3 aliphatic rings. The number of hydrogen-bond donors (Lipinski definition) is 3. The first-order valence-electron chi connectivity index (χ1n) is 11.8. The van der Waals surface area contributed by atoms with E-state index in [4.69, 9.17) is 19.7 Å². The molecule has 0 aromatic heterocycles. The quantitative estimate of drug-likeness (QED) is 0.121. The Hall–Kier alpha value is -5.29. The fourth-order valence-electron chi connectivity index (χ4n) is 4.57. The van der Waals surface area contributed by atoms with Gasteiger partial charge in [0.25, 0.3) is 12.2 Å². The molecular weight excluding hydrogens is 510 g/mol. The summed E-state index contributed by atoms with van der Waals surface area (Å²) < 4.78 is 16.1. The van der Waals surface area contributed by atoms with Crippen LogP contribution in [0.2, 0.25) is 0 Å². The number of anilines is 1. The third-order valence-electron chi connectivity index (χ3n) is 6.47. The van der Waals surface area contributed by atoms with Gasteiger partial charge in [0.1, 0.15) is 11.9 Å². The number of benzene rings is 2. The van der Waals surface area contributed by atoms with Crippen molar-refractivity contribution in [1.29, 1.82) is 0 Å². The standard InChI is InChI=1S/C26H21N5O8/c1-12-6-22(38-25(12)35)37-11-19-18-7-13-2-3-14(8-17(13)23(18)39-26(19)36)29-21(33)10-28-24(34)16-5-4-15(30-31-27)9-20(16)32/h2-6,8-9,11,18,22-23,32H,7,10H2,1H3,(H,28,34)(H,29,33)/b19-11+/t18-,22+,23-/m0/s1. The Morgan fingerprint density at radius 1 is 1.21 bits per heavy atom. The first-order valence-corrected chi connectivity index (χ1v) is 11.8. The van der Waals surface area contributed by atoms with Crippen LogP contribution in [0.4, 0.5) is 11.4 Å². The number of nitrogens with zero attached hydrogens (tertiary/aromatic N) is 3. The Morgan fingerprint density at radius 2 is 2.03 bits per heavy atom. The summed E-state index contributed by atoms with van der Waals surface area (Å²) in [5.41, 5.74) is 11.4. The zero-order valence-electron chi connectivity index (χ0n) is 20.4. The van der Waals surface area contributed by atoms with Gasteiger partial charge in [0.15, 0.2) is 0 Å². The molecule has 2 aromatic carbocycles. The summed E-state index contributed by atoms with van der Waals surface area (Å²) in [4.78, 5) is 51.4. The van der Waals surface area contributed by atoms with Crippen molar-refractivity contribution in [2.24, 2.45) is 11.0 Å². The molecule has 13 nitrogen and oxygen atoms in total. The van der Waals surface area contributed by atoms with Crippen molar-refractivity contribution in [2.45, 2.75) is 25.7 Å². The molecule has 1 saturated heterocycles. The van der Waals surface area contributed by atoms with Crippen LogP contribution in [0.15, 0.2) is 65.0 Å². The molecule has 1 fully saturated rings. The SMILES string of the molecule is CC1=C[C@H](O/C=C2/C(=O)O[C@H]3c4cc(NC(=O)CNC(=O)c5ccc(N=[N+]=[N-])cc5O)ccc4C[C@@H]23)OC1=O. The number of azide groups is 1. The molecule has 39 heavy (non-hydrogen) atoms. The highest BCUT2D eigenvalue weighted by Crippen LogP contribution is 2.48. The van der Waals surface area contributed by atoms with Gasteiger partial charge in [-0.15, -0.1) is 0 Å². The lowest BCUT2D eigenvalue weighted by Crippen LogP contribution is -2.32. The summed E-state index contributed by atoms with van der Waals surface area (Å²) in [6, 6.07) is 9.00. The number of hydrogen-bond acceptors (Lipinski definition) is 9. The van der Waals surface area contributed by atoms with E-state index in [1.54, 1.807) is 19.1 Å². The number of amides is 2. The summed E-state index contributed by atoms with van der Waals surface area (Å²) in [6.45, 7) is 1.23. The molecule has 198 valence electrons. The molecule has 3 atom stereocenters. The van der Waals surface area contributed by atoms with Gasteiger partial charge in [0, 0.05) is 33.9 Å². The molecular formula is C26H21N5O8. The molecule has 2 aliphatic heterocycles. The van der Waals surface area contributed by atoms with Crippen molar-refractivity contribution in [2.75, 3.05) is 11.9 Å². The van der Waals surface area contributed by atoms with Gasteiger partial charge >= 0.3 is 11.9 Å². The highest BCUT2D eigenvalue weighted by atomic mass is 16.7. The predicted molar refractivity (Wildman–Crippen MR) is 133 cm³/mol. The average Bonchev–Trinajstić information content (AvgIpc) is 3.51. The molecule has 0 saturated carbocycles. The van der Waals surface area contributed by atoms with Crippen LogP contribution in [0.5, 0.6) is 5.75 Å². The van der Waals surface area contributed by atoms with Crippen LogP contribution in [0.3, 0.4) is 0 Å². The fourth-order valence-corrected chi connectivity index (χ4v) is 4.57. The Kier molecular flexibility index (Phi) is 6.65. The molecule has 5 rings (SSSR count). The minimum absolute atomic E-state index is 0.0867. The molecule has 2 heterocycles. The van der Waals surface area contributed by atoms with Gasteiger partial charge in [0.05, 0.1) is 23.9 Å². The number of phenolic OH excluding ortho intramolecular Hbond substituents is 1. The van der Waals surface area contributed by atoms with Gasteiger partial charge in [0.2, 0.25) is 5.91 Å². The van der Waals surface area contributed by atoms with E-state index in [1.807, 2.05) is 6.07 Å². The molecule has 1 aliphatic carbocycles. The summed E-state index contributed by atoms with van der Waals surface area (Å²) in [7, 11) is 0. The van der Waals surface area contributed by atoms with Gasteiger partial charge in [-0.3, -0.25) is 9.59 Å². The Balaban J connectivity index is 1.20. The maximum absolute atomic E-state index is 12.5. The van der Waals surface area contributed by atoms with Gasteiger partial charge in [-0.1, -0.05) is 17.2 Å². The minimum Gasteiger partial charge on any atom is -0.507 e. The minimum atomic E-state index is -0.899. The van der Waals surface area contributed by atoms with Crippen molar-refractivity contribution in [3.05, 3.63) is 87.0 Å². The van der Waals surface area contributed by atoms with Gasteiger partial charge in [-0.05, 0) is 54.3 Å². The number of carbonyl (C=O) groups excluding carboxylic acids is 4. The molecule has 0 unspecified atom stereocenters. The van der Waals surface area contributed by atoms with Crippen LogP contribution in [-0.2, 0) is 35.0 Å². The topological polar surface area (TPSA) is 189 Å². The van der Waals surface area contributed by atoms with Crippen LogP contribution in [0, 0.1) is 5.92 Å². The second-order valence-corrected chi connectivity index (χ2v) is 9.00. The van der Waals surface area contributed by atoms with E-state index in [0.717, 1.165) is 17.2 Å². The smallest absolute Gasteiger partial charge is 0.338 e. The number of carbonyl (C=O) groups is 4. The third kappa shape index (κ3) is 5.11. The molecule has 0 radical (unpaired) electrons. The van der Waals surface area contributed by atoms with Gasteiger partial charge in [-0.2, -0.15) is 0 Å². The number of cyclic esters (lactones) is 1. The third-order valence-corrected chi connectivity index (χ3v) is 6.47. The van der Waals surface area contributed by atoms with Crippen molar-refractivity contribution in [3.8, 4) is 5.75 Å². The van der Waals surface area contributed by atoms with E-state index in [-0.39, 0.29) is 23.7 Å². The zero-order valence-corrected chi connectivity index (χ0v) is 20.4. The molecule has 2 amide bonds. The zero-order chi connectivity index (χ0) is 27.7. The van der Waals surface area contributed by atoms with Crippen molar-refractivity contribution < 1.29 is 38.5 Å². The van der Waals surface area contributed by atoms with Crippen molar-refractivity contribution >= 4 is 35.1 Å². The number of nitrogens with one attached hydrogen (secondary N) is 2. The summed E-state index contributed by atoms with van der Waals surface area (Å²) in [5.74, 6) is -2.91. The van der Waals surface area contributed by atoms with Gasteiger partial charge < -0.3 is 30.0 Å². The Morgan fingerprint density at radius 3 is 2.74 bits per heavy atom. The van der Waals surface area contributed by atoms with E-state index in [2.05, 4.69) is 20.7 Å². The summed E-state index contributed by atoms with van der Waals surface area (Å²) in [5, 5.41) is 18.4. The molecule has 13 heteroatoms. The lowest BCUT2D eigenvalue weighted by atomic mass is 9.98. The normalized spacial score (nSPS) is 21.7. The molecule has 2 aromatic rings. The van der Waals surface area contributed by atoms with Crippen molar-refractivity contribution in [3.63, 3.8) is 0 Å². The number of esters is 2. The monoisotopic (exact) mass is 531 g/mol. The van der Waals surface area contributed by atoms with Crippen LogP contribution in [0.1, 0.15) is 34.5 Å². The number of rotatable bonds is 7. The first-order chi connectivity index (χ1) is 18.7. The van der Waals surface area contributed by atoms with E-state index >= 15 is 0 Å². The van der Waals surface area contributed by atoms with E-state index in [0.29, 0.717) is 23.3 Å². The van der Waals surface area contributed by atoms with Crippen LogP contribution >= 0.6 is 0 Å². The second-order valence-electron chi connectivity index (χ2n) is 9.00. The van der Waals surface area contributed by atoms with Crippen LogP contribution in [0.25, 0.3) is 10.4 Å². The summed E-state index contributed by atoms with van der Waals surface area (Å²) in [6.07, 6.45) is 1.86. The second kappa shape index (κ2) is 10.2. The molecule has 3 N–H and O–H groups in total. The summed E-state index contributed by atoms with van der Waals surface area (Å²) >= 11 is 0. The number of fused-ring (bicyclic) bond motifs is 3. The number of aromatic hydroxyl groups is 1. The van der Waals surface area contributed by atoms with E-state index in [9.17, 15) is 24.3 Å². The number of phenols is 1. The number of ether oxygens (including phenoxy) is 3. The predicted octanol–water partition coefficient (Wildman–Crippen LogP) is 3.20. The largest absolute Gasteiger partial charge is 0.507 e. The van der Waals surface area contributed by atoms with E-state index in [1.165, 1.54) is 24.5 Å². The highest BCUT2D eigenvalue weighted by molar-refractivity contribution is 6.01.